The summed E-state index contributed by atoms with van der Waals surface area (Å²) in [6, 6.07) is 8.58. The molecule has 0 saturated carbocycles. The van der Waals surface area contributed by atoms with Crippen LogP contribution < -0.4 is 5.56 Å². The fourth-order valence-electron chi connectivity index (χ4n) is 1.70. The number of nitrogens with one attached hydrogen (secondary N) is 1. The van der Waals surface area contributed by atoms with Gasteiger partial charge in [0, 0.05) is 0 Å². The van der Waals surface area contributed by atoms with Crippen LogP contribution in [0.15, 0.2) is 23.0 Å². The normalized spacial score (nSPS) is 10.3. The molecule has 0 aliphatic rings. The minimum absolute atomic E-state index is 0.219. The molecule has 3 aromatic rings. The zero-order valence-corrected chi connectivity index (χ0v) is 8.88. The number of imidazole rings is 1. The highest BCUT2D eigenvalue weighted by molar-refractivity contribution is 5.80. The summed E-state index contributed by atoms with van der Waals surface area (Å²) < 4.78 is 1.36. The van der Waals surface area contributed by atoms with Crippen LogP contribution in [0.25, 0.3) is 16.8 Å². The number of benzene rings is 1. The molecule has 3 rings (SSSR count). The average molecular weight is 236 g/mol. The van der Waals surface area contributed by atoms with Crippen LogP contribution >= 0.6 is 0 Å². The monoisotopic (exact) mass is 236 g/mol. The summed E-state index contributed by atoms with van der Waals surface area (Å²) >= 11 is 0. The molecule has 0 aliphatic carbocycles. The standard InChI is InChI=1S/C11H4N6O/c12-4-6-1-2-7-9(3-6)17-11(14-7)15-8(5-13)10(18)16-17/h1-3H,(H,16,18). The maximum atomic E-state index is 11.5. The molecule has 0 unspecified atom stereocenters. The van der Waals surface area contributed by atoms with E-state index in [4.69, 9.17) is 10.5 Å². The van der Waals surface area contributed by atoms with Gasteiger partial charge < -0.3 is 0 Å². The second-order valence-corrected chi connectivity index (χ2v) is 3.58. The van der Waals surface area contributed by atoms with E-state index in [0.29, 0.717) is 16.6 Å². The molecular weight excluding hydrogens is 232 g/mol. The highest BCUT2D eigenvalue weighted by atomic mass is 16.1. The lowest BCUT2D eigenvalue weighted by Crippen LogP contribution is -2.16. The van der Waals surface area contributed by atoms with Gasteiger partial charge >= 0.3 is 0 Å². The van der Waals surface area contributed by atoms with E-state index in [0.717, 1.165) is 0 Å². The topological polar surface area (TPSA) is 111 Å². The van der Waals surface area contributed by atoms with Crippen LogP contribution in [0.2, 0.25) is 0 Å². The summed E-state index contributed by atoms with van der Waals surface area (Å²) in [7, 11) is 0. The maximum absolute atomic E-state index is 11.5. The Labute approximate surface area is 99.5 Å². The quantitative estimate of drug-likeness (QED) is 0.604. The largest absolute Gasteiger partial charge is 0.299 e. The Hall–Kier alpha value is -3.19. The number of aromatic nitrogens is 4. The zero-order chi connectivity index (χ0) is 12.7. The van der Waals surface area contributed by atoms with Crippen molar-refractivity contribution in [1.29, 1.82) is 10.5 Å². The summed E-state index contributed by atoms with van der Waals surface area (Å²) in [6.45, 7) is 0. The molecule has 0 saturated heterocycles. The van der Waals surface area contributed by atoms with E-state index in [2.05, 4.69) is 15.1 Å². The van der Waals surface area contributed by atoms with Gasteiger partial charge in [0.05, 0.1) is 22.7 Å². The number of H-pyrrole nitrogens is 1. The number of nitriles is 2. The van der Waals surface area contributed by atoms with Crippen LogP contribution in [0.1, 0.15) is 11.3 Å². The van der Waals surface area contributed by atoms with Crippen molar-refractivity contribution in [3.8, 4) is 12.1 Å². The van der Waals surface area contributed by atoms with E-state index in [9.17, 15) is 4.79 Å². The first kappa shape index (κ1) is 10.00. The van der Waals surface area contributed by atoms with Crippen molar-refractivity contribution < 1.29 is 0 Å². The molecule has 0 atom stereocenters. The predicted molar refractivity (Wildman–Crippen MR) is 60.5 cm³/mol. The molecule has 1 aromatic carbocycles. The third-order valence-electron chi connectivity index (χ3n) is 2.51. The number of rotatable bonds is 0. The van der Waals surface area contributed by atoms with Crippen LogP contribution in [-0.4, -0.2) is 19.6 Å². The zero-order valence-electron chi connectivity index (χ0n) is 8.88. The third-order valence-corrected chi connectivity index (χ3v) is 2.51. The summed E-state index contributed by atoms with van der Waals surface area (Å²) in [5.74, 6) is 0.219. The molecule has 0 aliphatic heterocycles. The number of nitrogens with zero attached hydrogens (tertiary/aromatic N) is 5. The smallest absolute Gasteiger partial charge is 0.265 e. The molecule has 0 radical (unpaired) electrons. The molecule has 0 fully saturated rings. The Morgan fingerprint density at radius 3 is 2.78 bits per heavy atom. The lowest BCUT2D eigenvalue weighted by atomic mass is 10.2. The van der Waals surface area contributed by atoms with Gasteiger partial charge in [-0.2, -0.15) is 15.5 Å². The summed E-state index contributed by atoms with van der Waals surface area (Å²) in [4.78, 5) is 19.5. The first-order chi connectivity index (χ1) is 8.72. The van der Waals surface area contributed by atoms with Crippen molar-refractivity contribution in [2.24, 2.45) is 0 Å². The number of aromatic amines is 1. The van der Waals surface area contributed by atoms with Gasteiger partial charge in [0.15, 0.2) is 0 Å². The first-order valence-corrected chi connectivity index (χ1v) is 4.95. The van der Waals surface area contributed by atoms with E-state index in [1.54, 1.807) is 24.3 Å². The molecule has 0 bridgehead atoms. The molecule has 84 valence electrons. The average Bonchev–Trinajstić information content (AvgIpc) is 2.74. The molecular formula is C11H4N6O. The minimum atomic E-state index is -0.591. The molecule has 2 aromatic heterocycles. The van der Waals surface area contributed by atoms with Crippen molar-refractivity contribution in [2.75, 3.05) is 0 Å². The van der Waals surface area contributed by atoms with Crippen LogP contribution in [0.4, 0.5) is 0 Å². The van der Waals surface area contributed by atoms with Gasteiger partial charge in [0.1, 0.15) is 6.07 Å². The fraction of sp³-hybridized carbons (Fsp3) is 0. The van der Waals surface area contributed by atoms with E-state index >= 15 is 0 Å². The molecule has 7 nitrogen and oxygen atoms in total. The van der Waals surface area contributed by atoms with Crippen LogP contribution in [0.5, 0.6) is 0 Å². The van der Waals surface area contributed by atoms with E-state index in [1.807, 2.05) is 6.07 Å². The number of hydrogen-bond donors (Lipinski definition) is 1. The van der Waals surface area contributed by atoms with Gasteiger partial charge in [-0.1, -0.05) is 0 Å². The minimum Gasteiger partial charge on any atom is -0.265 e. The van der Waals surface area contributed by atoms with E-state index < -0.39 is 5.56 Å². The summed E-state index contributed by atoms with van der Waals surface area (Å²) in [5.41, 5.74) is 0.782. The Kier molecular flexibility index (Phi) is 1.89. The molecule has 7 heteroatoms. The van der Waals surface area contributed by atoms with Crippen molar-refractivity contribution >= 4 is 16.8 Å². The first-order valence-electron chi connectivity index (χ1n) is 4.95. The predicted octanol–water partition coefficient (Wildman–Crippen LogP) is 0.314. The van der Waals surface area contributed by atoms with Crippen molar-refractivity contribution in [1.82, 2.24) is 19.6 Å². The summed E-state index contributed by atoms with van der Waals surface area (Å²) in [6.07, 6.45) is 0. The Morgan fingerprint density at radius 2 is 2.06 bits per heavy atom. The Bertz CT molecular complexity index is 921. The molecule has 1 N–H and O–H groups in total. The van der Waals surface area contributed by atoms with Crippen LogP contribution in [0, 0.1) is 22.7 Å². The SMILES string of the molecule is N#Cc1ccc2nc3nc(C#N)c(=O)[nH]n3c2c1. The number of fused-ring (bicyclic) bond motifs is 3. The van der Waals surface area contributed by atoms with E-state index in [1.165, 1.54) is 4.52 Å². The Morgan fingerprint density at radius 1 is 1.22 bits per heavy atom. The lowest BCUT2D eigenvalue weighted by Gasteiger charge is -1.95. The molecule has 0 amide bonds. The number of hydrogen-bond acceptors (Lipinski definition) is 5. The molecule has 18 heavy (non-hydrogen) atoms. The molecule has 0 spiro atoms. The maximum Gasteiger partial charge on any atom is 0.299 e. The van der Waals surface area contributed by atoms with Crippen molar-refractivity contribution in [3.63, 3.8) is 0 Å². The van der Waals surface area contributed by atoms with Crippen LogP contribution in [-0.2, 0) is 0 Å². The van der Waals surface area contributed by atoms with E-state index in [-0.39, 0.29) is 11.5 Å². The third kappa shape index (κ3) is 1.25. The fourth-order valence-corrected chi connectivity index (χ4v) is 1.70. The van der Waals surface area contributed by atoms with Gasteiger partial charge in [0.25, 0.3) is 11.3 Å². The van der Waals surface area contributed by atoms with Crippen molar-refractivity contribution in [2.45, 2.75) is 0 Å². The van der Waals surface area contributed by atoms with Crippen LogP contribution in [0.3, 0.4) is 0 Å². The molecule has 2 heterocycles. The van der Waals surface area contributed by atoms with Gasteiger partial charge in [-0.05, 0) is 18.2 Å². The second-order valence-electron chi connectivity index (χ2n) is 3.58. The second kappa shape index (κ2) is 3.40. The Balaban J connectivity index is 2.51. The van der Waals surface area contributed by atoms with Crippen molar-refractivity contribution in [3.05, 3.63) is 39.8 Å². The highest BCUT2D eigenvalue weighted by Crippen LogP contribution is 2.15. The summed E-state index contributed by atoms with van der Waals surface area (Å²) in [5, 5.41) is 20.0. The van der Waals surface area contributed by atoms with Gasteiger partial charge in [-0.15, -0.1) is 0 Å². The van der Waals surface area contributed by atoms with Gasteiger partial charge in [-0.3, -0.25) is 9.89 Å². The lowest BCUT2D eigenvalue weighted by molar-refractivity contribution is 0.884. The van der Waals surface area contributed by atoms with Gasteiger partial charge in [0.2, 0.25) is 5.69 Å². The van der Waals surface area contributed by atoms with Gasteiger partial charge in [-0.25, -0.2) is 9.50 Å². The highest BCUT2D eigenvalue weighted by Gasteiger charge is 2.10.